The van der Waals surface area contributed by atoms with Crippen molar-refractivity contribution in [1.82, 2.24) is 10.6 Å². The van der Waals surface area contributed by atoms with E-state index in [4.69, 9.17) is 0 Å². The maximum atomic E-state index is 13.5. The van der Waals surface area contributed by atoms with E-state index in [2.05, 4.69) is 24.5 Å². The van der Waals surface area contributed by atoms with Crippen molar-refractivity contribution < 1.29 is 9.18 Å². The van der Waals surface area contributed by atoms with Crippen LogP contribution in [0.2, 0.25) is 0 Å². The molecule has 0 saturated carbocycles. The van der Waals surface area contributed by atoms with Gasteiger partial charge in [-0.15, -0.1) is 0 Å². The van der Waals surface area contributed by atoms with Crippen LogP contribution in [0.5, 0.6) is 0 Å². The summed E-state index contributed by atoms with van der Waals surface area (Å²) in [6, 6.07) is 6.78. The van der Waals surface area contributed by atoms with Gasteiger partial charge in [-0.25, -0.2) is 4.39 Å². The Morgan fingerprint density at radius 3 is 2.58 bits per heavy atom. The van der Waals surface area contributed by atoms with Crippen LogP contribution < -0.4 is 10.6 Å². The van der Waals surface area contributed by atoms with Crippen LogP contribution in [-0.4, -0.2) is 25.0 Å². The Balaban J connectivity index is 2.30. The zero-order chi connectivity index (χ0) is 14.3. The van der Waals surface area contributed by atoms with Crippen LogP contribution in [-0.2, 0) is 11.2 Å². The fourth-order valence-electron chi connectivity index (χ4n) is 1.71. The summed E-state index contributed by atoms with van der Waals surface area (Å²) in [7, 11) is 0. The third-order valence-electron chi connectivity index (χ3n) is 2.80. The molecule has 0 spiro atoms. The van der Waals surface area contributed by atoms with Gasteiger partial charge in [0.1, 0.15) is 5.82 Å². The van der Waals surface area contributed by atoms with E-state index in [0.717, 1.165) is 0 Å². The zero-order valence-electron chi connectivity index (χ0n) is 11.9. The molecular formula is C15H23FN2O. The second-order valence-electron chi connectivity index (χ2n) is 5.28. The number of carbonyl (C=O) groups is 1. The highest BCUT2D eigenvalue weighted by molar-refractivity contribution is 5.77. The highest BCUT2D eigenvalue weighted by Gasteiger charge is 2.09. The van der Waals surface area contributed by atoms with Gasteiger partial charge in [-0.1, -0.05) is 32.0 Å². The number of benzene rings is 1. The third-order valence-corrected chi connectivity index (χ3v) is 2.80. The van der Waals surface area contributed by atoms with Gasteiger partial charge >= 0.3 is 0 Å². The first kappa shape index (κ1) is 15.6. The van der Waals surface area contributed by atoms with Gasteiger partial charge in [0.2, 0.25) is 5.91 Å². The Bertz CT molecular complexity index is 407. The summed E-state index contributed by atoms with van der Waals surface area (Å²) in [5, 5.41) is 5.94. The van der Waals surface area contributed by atoms with Gasteiger partial charge in [-0.2, -0.15) is 0 Å². The molecule has 1 amide bonds. The molecule has 0 aliphatic heterocycles. The number of hydrogen-bond acceptors (Lipinski definition) is 2. The number of halogens is 1. The van der Waals surface area contributed by atoms with E-state index in [1.165, 1.54) is 6.07 Å². The second-order valence-corrected chi connectivity index (χ2v) is 5.28. The molecule has 1 unspecified atom stereocenters. The van der Waals surface area contributed by atoms with E-state index in [1.807, 2.05) is 13.0 Å². The monoisotopic (exact) mass is 266 g/mol. The van der Waals surface area contributed by atoms with Crippen molar-refractivity contribution in [1.29, 1.82) is 0 Å². The first-order chi connectivity index (χ1) is 8.99. The molecule has 0 aromatic heterocycles. The molecule has 3 nitrogen and oxygen atoms in total. The summed E-state index contributed by atoms with van der Waals surface area (Å²) in [6.45, 7) is 7.00. The van der Waals surface area contributed by atoms with Gasteiger partial charge in [-0.05, 0) is 30.9 Å². The first-order valence-corrected chi connectivity index (χ1v) is 6.72. The Hall–Kier alpha value is -1.42. The van der Waals surface area contributed by atoms with Crippen LogP contribution in [0.1, 0.15) is 26.3 Å². The normalized spacial score (nSPS) is 12.5. The first-order valence-electron chi connectivity index (χ1n) is 6.72. The van der Waals surface area contributed by atoms with Crippen LogP contribution in [0.4, 0.5) is 4.39 Å². The van der Waals surface area contributed by atoms with Crippen LogP contribution in [0, 0.1) is 11.7 Å². The summed E-state index contributed by atoms with van der Waals surface area (Å²) in [5.74, 6) is 0.231. The molecule has 1 rings (SSSR count). The van der Waals surface area contributed by atoms with E-state index >= 15 is 0 Å². The summed E-state index contributed by atoms with van der Waals surface area (Å²) in [5.41, 5.74) is 0.671. The van der Waals surface area contributed by atoms with E-state index in [9.17, 15) is 9.18 Å². The Morgan fingerprint density at radius 2 is 1.95 bits per heavy atom. The molecule has 1 aromatic carbocycles. The smallest absolute Gasteiger partial charge is 0.233 e. The molecule has 0 bridgehead atoms. The molecule has 1 atom stereocenters. The standard InChI is InChI=1S/C15H23FN2O/c1-11(2)9-18-15(19)10-17-12(3)8-13-6-4-5-7-14(13)16/h4-7,11-12,17H,8-10H2,1-3H3,(H,18,19). The lowest BCUT2D eigenvalue weighted by atomic mass is 10.1. The van der Waals surface area contributed by atoms with Crippen molar-refractivity contribution in [3.8, 4) is 0 Å². The summed E-state index contributed by atoms with van der Waals surface area (Å²) >= 11 is 0. The third kappa shape index (κ3) is 6.34. The molecule has 2 N–H and O–H groups in total. The van der Waals surface area contributed by atoms with Gasteiger partial charge in [0, 0.05) is 12.6 Å². The molecule has 0 aliphatic carbocycles. The lowest BCUT2D eigenvalue weighted by Crippen LogP contribution is -2.40. The minimum atomic E-state index is -0.194. The molecule has 19 heavy (non-hydrogen) atoms. The largest absolute Gasteiger partial charge is 0.355 e. The topological polar surface area (TPSA) is 41.1 Å². The number of amides is 1. The van der Waals surface area contributed by atoms with Crippen molar-refractivity contribution in [3.63, 3.8) is 0 Å². The Labute approximate surface area is 114 Å². The highest BCUT2D eigenvalue weighted by atomic mass is 19.1. The zero-order valence-corrected chi connectivity index (χ0v) is 11.9. The quantitative estimate of drug-likeness (QED) is 0.793. The van der Waals surface area contributed by atoms with E-state index < -0.39 is 0 Å². The molecule has 0 aliphatic rings. The van der Waals surface area contributed by atoms with Crippen LogP contribution in [0.3, 0.4) is 0 Å². The Morgan fingerprint density at radius 1 is 1.26 bits per heavy atom. The number of hydrogen-bond donors (Lipinski definition) is 2. The number of carbonyl (C=O) groups excluding carboxylic acids is 1. The minimum Gasteiger partial charge on any atom is -0.355 e. The minimum absolute atomic E-state index is 0.0194. The SMILES string of the molecule is CC(C)CNC(=O)CNC(C)Cc1ccccc1F. The van der Waals surface area contributed by atoms with Gasteiger partial charge in [0.05, 0.1) is 6.54 Å². The predicted molar refractivity (Wildman–Crippen MR) is 75.4 cm³/mol. The van der Waals surface area contributed by atoms with Crippen molar-refractivity contribution >= 4 is 5.91 Å². The average Bonchev–Trinajstić information content (AvgIpc) is 2.36. The van der Waals surface area contributed by atoms with Gasteiger partial charge in [0.25, 0.3) is 0 Å². The molecule has 0 radical (unpaired) electrons. The fraction of sp³-hybridized carbons (Fsp3) is 0.533. The molecule has 4 heteroatoms. The Kier molecular flexibility index (Phi) is 6.50. The molecule has 0 heterocycles. The predicted octanol–water partition coefficient (Wildman–Crippen LogP) is 2.12. The van der Waals surface area contributed by atoms with Crippen molar-refractivity contribution in [2.45, 2.75) is 33.2 Å². The molecule has 1 aromatic rings. The highest BCUT2D eigenvalue weighted by Crippen LogP contribution is 2.08. The fourth-order valence-corrected chi connectivity index (χ4v) is 1.71. The van der Waals surface area contributed by atoms with Crippen molar-refractivity contribution in [2.75, 3.05) is 13.1 Å². The van der Waals surface area contributed by atoms with Gasteiger partial charge < -0.3 is 10.6 Å². The summed E-state index contributed by atoms with van der Waals surface area (Å²) in [6.07, 6.45) is 0.574. The van der Waals surface area contributed by atoms with E-state index in [1.54, 1.807) is 12.1 Å². The molecule has 106 valence electrons. The van der Waals surface area contributed by atoms with Crippen LogP contribution in [0.25, 0.3) is 0 Å². The lowest BCUT2D eigenvalue weighted by molar-refractivity contribution is -0.120. The summed E-state index contributed by atoms with van der Waals surface area (Å²) in [4.78, 5) is 11.5. The molecule has 0 fully saturated rings. The lowest BCUT2D eigenvalue weighted by Gasteiger charge is -2.14. The molecular weight excluding hydrogens is 243 g/mol. The van der Waals surface area contributed by atoms with Crippen LogP contribution >= 0.6 is 0 Å². The number of nitrogens with one attached hydrogen (secondary N) is 2. The van der Waals surface area contributed by atoms with Gasteiger partial charge in [-0.3, -0.25) is 4.79 Å². The van der Waals surface area contributed by atoms with Gasteiger partial charge in [0.15, 0.2) is 0 Å². The van der Waals surface area contributed by atoms with Crippen molar-refractivity contribution in [2.24, 2.45) is 5.92 Å². The van der Waals surface area contributed by atoms with Crippen molar-refractivity contribution in [3.05, 3.63) is 35.6 Å². The molecule has 0 saturated heterocycles. The summed E-state index contributed by atoms with van der Waals surface area (Å²) < 4.78 is 13.5. The maximum absolute atomic E-state index is 13.5. The number of rotatable bonds is 7. The maximum Gasteiger partial charge on any atom is 0.233 e. The van der Waals surface area contributed by atoms with Crippen LogP contribution in [0.15, 0.2) is 24.3 Å². The second kappa shape index (κ2) is 7.89. The average molecular weight is 266 g/mol. The van der Waals surface area contributed by atoms with E-state index in [0.29, 0.717) is 24.4 Å². The van der Waals surface area contributed by atoms with E-state index in [-0.39, 0.29) is 24.3 Å².